The number of carboxylic acids is 1. The number of rotatable bonds is 7. The molecule has 6 nitrogen and oxygen atoms in total. The average molecular weight is 297 g/mol. The van der Waals surface area contributed by atoms with Crippen LogP contribution in [0.1, 0.15) is 39.0 Å². The smallest absolute Gasteiger partial charge is 0.326 e. The number of aliphatic carboxylic acids is 1. The predicted molar refractivity (Wildman–Crippen MR) is 80.2 cm³/mol. The Morgan fingerprint density at radius 3 is 2.43 bits per heavy atom. The Bertz CT molecular complexity index is 363. The summed E-state index contributed by atoms with van der Waals surface area (Å²) in [6.07, 6.45) is 4.93. The van der Waals surface area contributed by atoms with Crippen molar-refractivity contribution in [2.24, 2.45) is 5.92 Å². The maximum Gasteiger partial charge on any atom is 0.326 e. The molecule has 0 bridgehead atoms. The summed E-state index contributed by atoms with van der Waals surface area (Å²) in [5.74, 6) is -0.0695. The number of carbonyl (C=O) groups excluding carboxylic acids is 1. The average Bonchev–Trinajstić information content (AvgIpc) is 3.27. The molecule has 1 unspecified atom stereocenters. The lowest BCUT2D eigenvalue weighted by Gasteiger charge is -2.35. The highest BCUT2D eigenvalue weighted by Crippen LogP contribution is 2.29. The van der Waals surface area contributed by atoms with Crippen LogP contribution in [0, 0.1) is 5.92 Å². The van der Waals surface area contributed by atoms with E-state index in [9.17, 15) is 9.59 Å². The van der Waals surface area contributed by atoms with E-state index in [4.69, 9.17) is 5.11 Å². The van der Waals surface area contributed by atoms with Gasteiger partial charge in [-0.2, -0.15) is 0 Å². The summed E-state index contributed by atoms with van der Waals surface area (Å²) < 4.78 is 0. The molecule has 1 saturated heterocycles. The van der Waals surface area contributed by atoms with Crippen molar-refractivity contribution in [3.05, 3.63) is 0 Å². The Balaban J connectivity index is 1.73. The Hall–Kier alpha value is -1.30. The van der Waals surface area contributed by atoms with Crippen LogP contribution in [-0.4, -0.2) is 65.7 Å². The minimum Gasteiger partial charge on any atom is -0.480 e. The molecule has 1 aliphatic carbocycles. The molecule has 0 spiro atoms. The minimum atomic E-state index is -0.941. The lowest BCUT2D eigenvalue weighted by atomic mass is 10.1. The van der Waals surface area contributed by atoms with E-state index in [1.807, 2.05) is 6.92 Å². The van der Waals surface area contributed by atoms with Gasteiger partial charge in [-0.25, -0.2) is 9.59 Å². The number of carbonyl (C=O) groups is 2. The number of nitrogens with one attached hydrogen (secondary N) is 1. The molecule has 21 heavy (non-hydrogen) atoms. The first kappa shape index (κ1) is 16.1. The van der Waals surface area contributed by atoms with Gasteiger partial charge in [0.15, 0.2) is 0 Å². The van der Waals surface area contributed by atoms with Crippen LogP contribution >= 0.6 is 0 Å². The first-order valence-corrected chi connectivity index (χ1v) is 8.10. The third kappa shape index (κ3) is 5.19. The maximum atomic E-state index is 12.2. The summed E-state index contributed by atoms with van der Waals surface area (Å²) in [4.78, 5) is 27.5. The largest absolute Gasteiger partial charge is 0.480 e. The fourth-order valence-corrected chi connectivity index (χ4v) is 2.71. The number of urea groups is 1. The van der Waals surface area contributed by atoms with Crippen LogP contribution < -0.4 is 5.32 Å². The lowest BCUT2D eigenvalue weighted by Crippen LogP contribution is -2.54. The fraction of sp³-hybridized carbons (Fsp3) is 0.867. The molecule has 2 rings (SSSR count). The molecule has 6 heteroatoms. The number of hydrogen-bond donors (Lipinski definition) is 2. The SMILES string of the molecule is CCCCC(NC(=O)N1CCN(CC2CC2)CC1)C(=O)O. The van der Waals surface area contributed by atoms with Gasteiger partial charge in [0.25, 0.3) is 0 Å². The van der Waals surface area contributed by atoms with E-state index in [1.165, 1.54) is 12.8 Å². The second-order valence-corrected chi connectivity index (χ2v) is 6.21. The van der Waals surface area contributed by atoms with Crippen molar-refractivity contribution in [2.75, 3.05) is 32.7 Å². The van der Waals surface area contributed by atoms with Crippen LogP contribution in [0.5, 0.6) is 0 Å². The van der Waals surface area contributed by atoms with Gasteiger partial charge in [0.2, 0.25) is 0 Å². The molecule has 0 radical (unpaired) electrons. The first-order chi connectivity index (χ1) is 10.1. The van der Waals surface area contributed by atoms with Crippen molar-refractivity contribution in [3.8, 4) is 0 Å². The van der Waals surface area contributed by atoms with Crippen LogP contribution in [0.4, 0.5) is 4.79 Å². The van der Waals surface area contributed by atoms with Crippen LogP contribution in [0.25, 0.3) is 0 Å². The van der Waals surface area contributed by atoms with Gasteiger partial charge in [0.05, 0.1) is 0 Å². The highest BCUT2D eigenvalue weighted by atomic mass is 16.4. The van der Waals surface area contributed by atoms with E-state index in [2.05, 4.69) is 10.2 Å². The van der Waals surface area contributed by atoms with Crippen molar-refractivity contribution in [2.45, 2.75) is 45.1 Å². The van der Waals surface area contributed by atoms with Gasteiger partial charge in [0, 0.05) is 32.7 Å². The number of unbranched alkanes of at least 4 members (excludes halogenated alkanes) is 1. The molecule has 1 aliphatic heterocycles. The van der Waals surface area contributed by atoms with Crippen LogP contribution in [0.3, 0.4) is 0 Å². The molecule has 2 fully saturated rings. The normalized spacial score (nSPS) is 21.1. The molecule has 0 aromatic heterocycles. The highest BCUT2D eigenvalue weighted by Gasteiger charge is 2.29. The van der Waals surface area contributed by atoms with E-state index >= 15 is 0 Å². The Morgan fingerprint density at radius 1 is 1.24 bits per heavy atom. The summed E-state index contributed by atoms with van der Waals surface area (Å²) in [7, 11) is 0. The zero-order valence-electron chi connectivity index (χ0n) is 12.9. The molecule has 2 amide bonds. The topological polar surface area (TPSA) is 72.9 Å². The van der Waals surface area contributed by atoms with Crippen molar-refractivity contribution in [1.82, 2.24) is 15.1 Å². The number of hydrogen-bond acceptors (Lipinski definition) is 3. The zero-order chi connectivity index (χ0) is 15.2. The Labute approximate surface area is 126 Å². The maximum absolute atomic E-state index is 12.2. The van der Waals surface area contributed by atoms with Gasteiger partial charge < -0.3 is 15.3 Å². The van der Waals surface area contributed by atoms with Gasteiger partial charge in [-0.1, -0.05) is 19.8 Å². The van der Waals surface area contributed by atoms with Crippen molar-refractivity contribution < 1.29 is 14.7 Å². The molecule has 0 aromatic carbocycles. The van der Waals surface area contributed by atoms with Gasteiger partial charge in [0.1, 0.15) is 6.04 Å². The molecule has 0 aromatic rings. The molecule has 2 N–H and O–H groups in total. The molecule has 2 aliphatic rings. The minimum absolute atomic E-state index is 0.232. The van der Waals surface area contributed by atoms with Crippen molar-refractivity contribution >= 4 is 12.0 Å². The summed E-state index contributed by atoms with van der Waals surface area (Å²) in [6, 6.07) is -0.994. The van der Waals surface area contributed by atoms with Gasteiger partial charge in [-0.15, -0.1) is 0 Å². The van der Waals surface area contributed by atoms with Crippen LogP contribution in [-0.2, 0) is 4.79 Å². The molecular weight excluding hydrogens is 270 g/mol. The third-order valence-corrected chi connectivity index (χ3v) is 4.31. The van der Waals surface area contributed by atoms with Crippen molar-refractivity contribution in [1.29, 1.82) is 0 Å². The third-order valence-electron chi connectivity index (χ3n) is 4.31. The molecule has 1 atom stereocenters. The molecular formula is C15H27N3O3. The van der Waals surface area contributed by atoms with Crippen LogP contribution in [0.2, 0.25) is 0 Å². The Morgan fingerprint density at radius 2 is 1.90 bits per heavy atom. The quantitative estimate of drug-likeness (QED) is 0.744. The summed E-state index contributed by atoms with van der Waals surface area (Å²) in [6.45, 7) is 6.36. The number of carboxylic acid groups (broad SMARTS) is 1. The molecule has 120 valence electrons. The summed E-state index contributed by atoms with van der Waals surface area (Å²) >= 11 is 0. The first-order valence-electron chi connectivity index (χ1n) is 8.10. The van der Waals surface area contributed by atoms with E-state index in [0.717, 1.165) is 38.4 Å². The monoisotopic (exact) mass is 297 g/mol. The van der Waals surface area contributed by atoms with E-state index in [1.54, 1.807) is 4.90 Å². The lowest BCUT2D eigenvalue weighted by molar-refractivity contribution is -0.139. The summed E-state index contributed by atoms with van der Waals surface area (Å²) in [5.41, 5.74) is 0. The predicted octanol–water partition coefficient (Wildman–Crippen LogP) is 1.37. The van der Waals surface area contributed by atoms with Crippen LogP contribution in [0.15, 0.2) is 0 Å². The highest BCUT2D eigenvalue weighted by molar-refractivity contribution is 5.82. The second-order valence-electron chi connectivity index (χ2n) is 6.21. The van der Waals surface area contributed by atoms with Gasteiger partial charge >= 0.3 is 12.0 Å². The summed E-state index contributed by atoms with van der Waals surface area (Å²) in [5, 5.41) is 11.8. The van der Waals surface area contributed by atoms with Gasteiger partial charge in [-0.3, -0.25) is 4.90 Å². The number of amides is 2. The number of nitrogens with zero attached hydrogens (tertiary/aromatic N) is 2. The number of piperazine rings is 1. The van der Waals surface area contributed by atoms with E-state index in [0.29, 0.717) is 19.5 Å². The van der Waals surface area contributed by atoms with Crippen molar-refractivity contribution in [3.63, 3.8) is 0 Å². The fourth-order valence-electron chi connectivity index (χ4n) is 2.71. The standard InChI is InChI=1S/C15H27N3O3/c1-2-3-4-13(14(19)20)16-15(21)18-9-7-17(8-10-18)11-12-5-6-12/h12-13H,2-11H2,1H3,(H,16,21)(H,19,20). The molecule has 1 heterocycles. The molecule has 1 saturated carbocycles. The van der Waals surface area contributed by atoms with Gasteiger partial charge in [-0.05, 0) is 25.2 Å². The second kappa shape index (κ2) is 7.64. The van der Waals surface area contributed by atoms with E-state index < -0.39 is 12.0 Å². The Kier molecular flexibility index (Phi) is 5.85. The zero-order valence-corrected chi connectivity index (χ0v) is 12.9. The van der Waals surface area contributed by atoms with E-state index in [-0.39, 0.29) is 6.03 Å².